The van der Waals surface area contributed by atoms with Crippen molar-refractivity contribution in [1.29, 1.82) is 0 Å². The molecule has 0 aliphatic carbocycles. The number of aliphatic hydroxyl groups is 2. The Morgan fingerprint density at radius 1 is 1.08 bits per heavy atom. The maximum absolute atomic E-state index is 8.85. The Kier molecular flexibility index (Phi) is 5.53. The fourth-order valence-corrected chi connectivity index (χ4v) is 1.30. The summed E-state index contributed by atoms with van der Waals surface area (Å²) in [4.78, 5) is 2.11. The van der Waals surface area contributed by atoms with Crippen LogP contribution >= 0.6 is 0 Å². The maximum atomic E-state index is 8.85. The highest BCUT2D eigenvalue weighted by atomic mass is 16.3. The maximum Gasteiger partial charge on any atom is 0.0558 e. The third-order valence-corrected chi connectivity index (χ3v) is 2.58. The van der Waals surface area contributed by atoms with Crippen LogP contribution in [-0.4, -0.2) is 47.5 Å². The summed E-state index contributed by atoms with van der Waals surface area (Å²) in [7, 11) is 0. The SMILES string of the molecule is CC(N(CCO)CCO)C(C)(C)C. The quantitative estimate of drug-likeness (QED) is 0.669. The highest BCUT2D eigenvalue weighted by Crippen LogP contribution is 2.23. The van der Waals surface area contributed by atoms with Crippen LogP contribution in [0.15, 0.2) is 0 Å². The van der Waals surface area contributed by atoms with Crippen molar-refractivity contribution < 1.29 is 10.2 Å². The monoisotopic (exact) mass is 189 g/mol. The van der Waals surface area contributed by atoms with Crippen LogP contribution in [-0.2, 0) is 0 Å². The van der Waals surface area contributed by atoms with Gasteiger partial charge in [-0.05, 0) is 12.3 Å². The molecule has 0 aliphatic heterocycles. The van der Waals surface area contributed by atoms with Gasteiger partial charge in [-0.25, -0.2) is 0 Å². The molecule has 0 saturated carbocycles. The molecule has 0 amide bonds. The van der Waals surface area contributed by atoms with Gasteiger partial charge in [-0.3, -0.25) is 4.90 Å². The Hall–Kier alpha value is -0.120. The Bertz CT molecular complexity index is 125. The summed E-state index contributed by atoms with van der Waals surface area (Å²) in [6.07, 6.45) is 0. The Balaban J connectivity index is 4.18. The van der Waals surface area contributed by atoms with Crippen molar-refractivity contribution in [2.75, 3.05) is 26.3 Å². The number of rotatable bonds is 5. The molecule has 0 aromatic heterocycles. The van der Waals surface area contributed by atoms with Crippen LogP contribution in [0.1, 0.15) is 27.7 Å². The van der Waals surface area contributed by atoms with Crippen LogP contribution in [0.2, 0.25) is 0 Å². The van der Waals surface area contributed by atoms with Gasteiger partial charge in [0.2, 0.25) is 0 Å². The second-order valence-corrected chi connectivity index (χ2v) is 4.53. The van der Waals surface area contributed by atoms with Gasteiger partial charge in [0, 0.05) is 19.1 Å². The molecule has 2 N–H and O–H groups in total. The molecular formula is C10H23NO2. The van der Waals surface area contributed by atoms with Crippen LogP contribution in [0.25, 0.3) is 0 Å². The molecule has 0 aromatic carbocycles. The molecule has 0 aliphatic rings. The van der Waals surface area contributed by atoms with E-state index in [0.29, 0.717) is 19.1 Å². The summed E-state index contributed by atoms with van der Waals surface area (Å²) in [5.74, 6) is 0. The van der Waals surface area contributed by atoms with E-state index < -0.39 is 0 Å². The van der Waals surface area contributed by atoms with Crippen LogP contribution in [0.5, 0.6) is 0 Å². The van der Waals surface area contributed by atoms with Gasteiger partial charge in [0.25, 0.3) is 0 Å². The van der Waals surface area contributed by atoms with Crippen LogP contribution < -0.4 is 0 Å². The van der Waals surface area contributed by atoms with Crippen molar-refractivity contribution >= 4 is 0 Å². The van der Waals surface area contributed by atoms with Crippen molar-refractivity contribution in [2.45, 2.75) is 33.7 Å². The van der Waals surface area contributed by atoms with Gasteiger partial charge in [-0.15, -0.1) is 0 Å². The van der Waals surface area contributed by atoms with E-state index in [1.54, 1.807) is 0 Å². The van der Waals surface area contributed by atoms with Crippen molar-refractivity contribution in [3.8, 4) is 0 Å². The average Bonchev–Trinajstić information content (AvgIpc) is 2.01. The fourth-order valence-electron chi connectivity index (χ4n) is 1.30. The predicted molar refractivity (Wildman–Crippen MR) is 54.7 cm³/mol. The summed E-state index contributed by atoms with van der Waals surface area (Å²) in [5.41, 5.74) is 0.185. The lowest BCUT2D eigenvalue weighted by molar-refractivity contribution is 0.0737. The second kappa shape index (κ2) is 5.58. The standard InChI is InChI=1S/C10H23NO2/c1-9(10(2,3)4)11(5-7-12)6-8-13/h9,12-13H,5-8H2,1-4H3. The molecule has 0 heterocycles. The van der Waals surface area contributed by atoms with E-state index in [1.807, 2.05) is 0 Å². The second-order valence-electron chi connectivity index (χ2n) is 4.53. The first-order valence-corrected chi connectivity index (χ1v) is 4.89. The first-order valence-electron chi connectivity index (χ1n) is 4.89. The zero-order valence-corrected chi connectivity index (χ0v) is 9.25. The summed E-state index contributed by atoms with van der Waals surface area (Å²) in [6.45, 7) is 10.2. The summed E-state index contributed by atoms with van der Waals surface area (Å²) >= 11 is 0. The largest absolute Gasteiger partial charge is 0.395 e. The molecule has 3 heteroatoms. The minimum atomic E-state index is 0.153. The van der Waals surface area contributed by atoms with E-state index in [9.17, 15) is 0 Å². The smallest absolute Gasteiger partial charge is 0.0558 e. The van der Waals surface area contributed by atoms with Crippen molar-refractivity contribution in [3.63, 3.8) is 0 Å². The number of nitrogens with zero attached hydrogens (tertiary/aromatic N) is 1. The van der Waals surface area contributed by atoms with Crippen LogP contribution in [0.4, 0.5) is 0 Å². The summed E-state index contributed by atoms with van der Waals surface area (Å²) in [5, 5.41) is 17.7. The molecule has 0 bridgehead atoms. The van der Waals surface area contributed by atoms with Gasteiger partial charge in [0.05, 0.1) is 13.2 Å². The molecule has 0 aromatic rings. The van der Waals surface area contributed by atoms with Crippen LogP contribution in [0, 0.1) is 5.41 Å². The molecule has 0 rings (SSSR count). The predicted octanol–water partition coefficient (Wildman–Crippen LogP) is 0.708. The molecule has 13 heavy (non-hydrogen) atoms. The van der Waals surface area contributed by atoms with Gasteiger partial charge in [0.15, 0.2) is 0 Å². The molecule has 0 saturated heterocycles. The van der Waals surface area contributed by atoms with Gasteiger partial charge in [0.1, 0.15) is 0 Å². The minimum absolute atomic E-state index is 0.153. The van der Waals surface area contributed by atoms with E-state index >= 15 is 0 Å². The molecule has 1 atom stereocenters. The molecule has 0 radical (unpaired) electrons. The molecular weight excluding hydrogens is 166 g/mol. The van der Waals surface area contributed by atoms with Crippen molar-refractivity contribution in [1.82, 2.24) is 4.90 Å². The third-order valence-electron chi connectivity index (χ3n) is 2.58. The van der Waals surface area contributed by atoms with Gasteiger partial charge in [-0.2, -0.15) is 0 Å². The molecule has 1 unspecified atom stereocenters. The van der Waals surface area contributed by atoms with Gasteiger partial charge in [-0.1, -0.05) is 20.8 Å². The zero-order valence-electron chi connectivity index (χ0n) is 9.25. The summed E-state index contributed by atoms with van der Waals surface area (Å²) < 4.78 is 0. The van der Waals surface area contributed by atoms with E-state index in [4.69, 9.17) is 10.2 Å². The zero-order chi connectivity index (χ0) is 10.5. The Labute approximate surface area is 81.4 Å². The first kappa shape index (κ1) is 12.9. The molecule has 0 fully saturated rings. The lowest BCUT2D eigenvalue weighted by Crippen LogP contribution is -2.44. The van der Waals surface area contributed by atoms with Gasteiger partial charge < -0.3 is 10.2 Å². The highest BCUT2D eigenvalue weighted by molar-refractivity contribution is 4.79. The van der Waals surface area contributed by atoms with E-state index in [1.165, 1.54) is 0 Å². The molecule has 3 nitrogen and oxygen atoms in total. The lowest BCUT2D eigenvalue weighted by atomic mass is 9.87. The number of hydrogen-bond donors (Lipinski definition) is 2. The lowest BCUT2D eigenvalue weighted by Gasteiger charge is -2.37. The van der Waals surface area contributed by atoms with Crippen molar-refractivity contribution in [3.05, 3.63) is 0 Å². The molecule has 0 spiro atoms. The topological polar surface area (TPSA) is 43.7 Å². The molecule has 80 valence electrons. The minimum Gasteiger partial charge on any atom is -0.395 e. The van der Waals surface area contributed by atoms with Crippen LogP contribution in [0.3, 0.4) is 0 Å². The third kappa shape index (κ3) is 4.60. The van der Waals surface area contributed by atoms with E-state index in [2.05, 4.69) is 32.6 Å². The van der Waals surface area contributed by atoms with Gasteiger partial charge >= 0.3 is 0 Å². The summed E-state index contributed by atoms with van der Waals surface area (Å²) in [6, 6.07) is 0.367. The first-order chi connectivity index (χ1) is 5.93. The number of aliphatic hydroxyl groups excluding tert-OH is 2. The number of hydrogen-bond acceptors (Lipinski definition) is 3. The van der Waals surface area contributed by atoms with Crippen molar-refractivity contribution in [2.24, 2.45) is 5.41 Å². The Morgan fingerprint density at radius 2 is 1.46 bits per heavy atom. The van der Waals surface area contributed by atoms with E-state index in [-0.39, 0.29) is 18.6 Å². The Morgan fingerprint density at radius 3 is 1.69 bits per heavy atom. The average molecular weight is 189 g/mol. The fraction of sp³-hybridized carbons (Fsp3) is 1.00. The normalized spacial score (nSPS) is 15.0. The highest BCUT2D eigenvalue weighted by Gasteiger charge is 2.25. The van der Waals surface area contributed by atoms with E-state index in [0.717, 1.165) is 0 Å².